The van der Waals surface area contributed by atoms with Gasteiger partial charge in [0.2, 0.25) is 0 Å². The summed E-state index contributed by atoms with van der Waals surface area (Å²) in [7, 11) is 0. The molecule has 0 spiro atoms. The molecule has 1 aromatic heterocycles. The maximum atomic E-state index is 12.9. The zero-order valence-electron chi connectivity index (χ0n) is 16.1. The van der Waals surface area contributed by atoms with Crippen LogP contribution in [-0.4, -0.2) is 15.9 Å². The van der Waals surface area contributed by atoms with Crippen LogP contribution >= 0.6 is 23.2 Å². The van der Waals surface area contributed by atoms with E-state index < -0.39 is 5.97 Å². The van der Waals surface area contributed by atoms with Gasteiger partial charge in [-0.1, -0.05) is 65.7 Å². The number of carbonyl (C=O) groups is 1. The minimum atomic E-state index is -0.556. The van der Waals surface area contributed by atoms with Crippen molar-refractivity contribution >= 4 is 51.7 Å². The van der Waals surface area contributed by atoms with Gasteiger partial charge in [0, 0.05) is 10.0 Å². The van der Waals surface area contributed by atoms with Gasteiger partial charge in [-0.3, -0.25) is 4.79 Å². The Hall–Kier alpha value is -3.41. The summed E-state index contributed by atoms with van der Waals surface area (Å²) in [6.45, 7) is -0.198. The second-order valence-corrected chi connectivity index (χ2v) is 7.60. The molecule has 0 aliphatic carbocycles. The number of rotatable bonds is 5. The molecule has 0 fully saturated rings. The molecule has 5 nitrogen and oxygen atoms in total. The molecule has 0 unspecified atom stereocenters. The van der Waals surface area contributed by atoms with Crippen LogP contribution in [0, 0.1) is 0 Å². The first-order valence-electron chi connectivity index (χ1n) is 9.38. The van der Waals surface area contributed by atoms with E-state index in [0.29, 0.717) is 32.1 Å². The van der Waals surface area contributed by atoms with Gasteiger partial charge in [-0.25, -0.2) is 9.78 Å². The van der Waals surface area contributed by atoms with Crippen LogP contribution < -0.4 is 5.56 Å². The molecular weight excluding hydrogens is 435 g/mol. The van der Waals surface area contributed by atoms with E-state index in [0.717, 1.165) is 5.56 Å². The molecule has 3 aromatic carbocycles. The Morgan fingerprint density at radius 3 is 2.42 bits per heavy atom. The number of halogens is 2. The van der Waals surface area contributed by atoms with Gasteiger partial charge in [-0.05, 0) is 47.5 Å². The summed E-state index contributed by atoms with van der Waals surface area (Å²) < 4.78 is 5.48. The summed E-state index contributed by atoms with van der Waals surface area (Å²) in [6, 6.07) is 21.1. The molecule has 0 bridgehead atoms. The number of nitrogens with one attached hydrogen (secondary N) is 1. The molecule has 0 aliphatic heterocycles. The molecule has 31 heavy (non-hydrogen) atoms. The van der Waals surface area contributed by atoms with Crippen molar-refractivity contribution in [1.29, 1.82) is 0 Å². The first-order valence-corrected chi connectivity index (χ1v) is 10.1. The first-order chi connectivity index (χ1) is 15.0. The van der Waals surface area contributed by atoms with Crippen molar-refractivity contribution in [3.05, 3.63) is 110 Å². The smallest absolute Gasteiger partial charge is 0.339 e. The topological polar surface area (TPSA) is 72.0 Å². The summed E-state index contributed by atoms with van der Waals surface area (Å²) in [6.07, 6.45) is 1.74. The molecule has 0 saturated heterocycles. The Balaban J connectivity index is 1.62. The second-order valence-electron chi connectivity index (χ2n) is 6.73. The monoisotopic (exact) mass is 450 g/mol. The number of esters is 1. The van der Waals surface area contributed by atoms with Crippen LogP contribution in [0.25, 0.3) is 22.6 Å². The predicted octanol–water partition coefficient (Wildman–Crippen LogP) is 5.51. The van der Waals surface area contributed by atoms with Crippen molar-refractivity contribution in [2.75, 3.05) is 0 Å². The lowest BCUT2D eigenvalue weighted by Gasteiger charge is -2.10. The van der Waals surface area contributed by atoms with Crippen molar-refractivity contribution in [3.63, 3.8) is 0 Å². The van der Waals surface area contributed by atoms with Crippen LogP contribution in [-0.2, 0) is 16.1 Å². The molecule has 0 atom stereocenters. The van der Waals surface area contributed by atoms with E-state index in [4.69, 9.17) is 27.9 Å². The molecule has 0 radical (unpaired) electrons. The summed E-state index contributed by atoms with van der Waals surface area (Å²) in [5.41, 5.74) is 1.96. The largest absolute Gasteiger partial charge is 0.454 e. The summed E-state index contributed by atoms with van der Waals surface area (Å²) in [5, 5.41) is 1.43. The van der Waals surface area contributed by atoms with E-state index in [9.17, 15) is 9.59 Å². The molecule has 154 valence electrons. The number of benzene rings is 3. The number of hydrogen-bond donors (Lipinski definition) is 1. The van der Waals surface area contributed by atoms with Gasteiger partial charge >= 0.3 is 5.97 Å². The fourth-order valence-corrected chi connectivity index (χ4v) is 3.34. The molecule has 1 N–H and O–H groups in total. The molecule has 1 heterocycles. The zero-order chi connectivity index (χ0) is 21.8. The van der Waals surface area contributed by atoms with Crippen LogP contribution in [0.3, 0.4) is 0 Å². The van der Waals surface area contributed by atoms with Gasteiger partial charge in [0.1, 0.15) is 12.4 Å². The maximum Gasteiger partial charge on any atom is 0.339 e. The number of aromatic nitrogens is 2. The third-order valence-electron chi connectivity index (χ3n) is 4.54. The van der Waals surface area contributed by atoms with E-state index >= 15 is 0 Å². The minimum absolute atomic E-state index is 0.198. The van der Waals surface area contributed by atoms with Gasteiger partial charge < -0.3 is 9.72 Å². The molecule has 7 heteroatoms. The van der Waals surface area contributed by atoms with E-state index in [1.165, 1.54) is 0 Å². The van der Waals surface area contributed by atoms with Gasteiger partial charge in [0.25, 0.3) is 5.56 Å². The average molecular weight is 451 g/mol. The summed E-state index contributed by atoms with van der Waals surface area (Å²) in [4.78, 5) is 32.2. The SMILES string of the molecule is O=C(OCc1nc2cc(Cl)ccc2c(=O)[nH]1)/C(=C/c1ccccc1)c1ccc(Cl)cc1. The maximum absolute atomic E-state index is 12.9. The minimum Gasteiger partial charge on any atom is -0.454 e. The fourth-order valence-electron chi connectivity index (χ4n) is 3.05. The number of ether oxygens (including phenoxy) is 1. The molecule has 0 saturated carbocycles. The van der Waals surface area contributed by atoms with Crippen molar-refractivity contribution in [3.8, 4) is 0 Å². The summed E-state index contributed by atoms with van der Waals surface area (Å²) in [5.74, 6) is -0.330. The third-order valence-corrected chi connectivity index (χ3v) is 5.03. The number of carbonyl (C=O) groups excluding carboxylic acids is 1. The molecule has 4 rings (SSSR count). The molecule has 0 aliphatic rings. The lowest BCUT2D eigenvalue weighted by atomic mass is 10.0. The number of fused-ring (bicyclic) bond motifs is 1. The van der Waals surface area contributed by atoms with E-state index in [1.807, 2.05) is 30.3 Å². The van der Waals surface area contributed by atoms with Crippen molar-refractivity contribution in [1.82, 2.24) is 9.97 Å². The van der Waals surface area contributed by atoms with Crippen LogP contribution in [0.4, 0.5) is 0 Å². The highest BCUT2D eigenvalue weighted by atomic mass is 35.5. The molecular formula is C24H16Cl2N2O3. The number of H-pyrrole nitrogens is 1. The molecule has 4 aromatic rings. The Morgan fingerprint density at radius 2 is 1.68 bits per heavy atom. The van der Waals surface area contributed by atoms with E-state index in [1.54, 1.807) is 48.5 Å². The lowest BCUT2D eigenvalue weighted by Crippen LogP contribution is -2.15. The van der Waals surface area contributed by atoms with Crippen LogP contribution in [0.15, 0.2) is 77.6 Å². The fraction of sp³-hybridized carbons (Fsp3) is 0.0417. The van der Waals surface area contributed by atoms with Crippen molar-refractivity contribution in [2.45, 2.75) is 6.61 Å². The van der Waals surface area contributed by atoms with Gasteiger partial charge in [-0.15, -0.1) is 0 Å². The highest BCUT2D eigenvalue weighted by Crippen LogP contribution is 2.22. The normalized spacial score (nSPS) is 11.5. The third kappa shape index (κ3) is 5.02. The van der Waals surface area contributed by atoms with Crippen LogP contribution in [0.1, 0.15) is 17.0 Å². The standard InChI is InChI=1S/C24H16Cl2N2O3/c25-17-8-6-16(7-9-17)20(12-15-4-2-1-3-5-15)24(30)31-14-22-27-21-13-18(26)10-11-19(21)23(29)28-22/h1-13H,14H2,(H,27,28,29)/b20-12+. The first kappa shape index (κ1) is 20.8. The Kier molecular flexibility index (Phi) is 6.16. The number of nitrogens with zero attached hydrogens (tertiary/aromatic N) is 1. The summed E-state index contributed by atoms with van der Waals surface area (Å²) >= 11 is 12.0. The predicted molar refractivity (Wildman–Crippen MR) is 123 cm³/mol. The highest BCUT2D eigenvalue weighted by molar-refractivity contribution is 6.31. The highest BCUT2D eigenvalue weighted by Gasteiger charge is 2.15. The quantitative estimate of drug-likeness (QED) is 0.247. The average Bonchev–Trinajstić information content (AvgIpc) is 2.77. The van der Waals surface area contributed by atoms with Crippen LogP contribution in [0.2, 0.25) is 10.0 Å². The zero-order valence-corrected chi connectivity index (χ0v) is 17.7. The lowest BCUT2D eigenvalue weighted by molar-refractivity contribution is -0.138. The van der Waals surface area contributed by atoms with Crippen LogP contribution in [0.5, 0.6) is 0 Å². The number of hydrogen-bond acceptors (Lipinski definition) is 4. The van der Waals surface area contributed by atoms with Gasteiger partial charge in [0.15, 0.2) is 0 Å². The van der Waals surface area contributed by atoms with Gasteiger partial charge in [0.05, 0.1) is 16.5 Å². The van der Waals surface area contributed by atoms with Gasteiger partial charge in [-0.2, -0.15) is 0 Å². The second kappa shape index (κ2) is 9.16. The molecule has 0 amide bonds. The Bertz CT molecular complexity index is 1330. The Labute approximate surface area is 187 Å². The van der Waals surface area contributed by atoms with E-state index in [-0.39, 0.29) is 18.0 Å². The van der Waals surface area contributed by atoms with Crippen molar-refractivity contribution in [2.24, 2.45) is 0 Å². The number of aromatic amines is 1. The van der Waals surface area contributed by atoms with Crippen molar-refractivity contribution < 1.29 is 9.53 Å². The van der Waals surface area contributed by atoms with E-state index in [2.05, 4.69) is 9.97 Å². The Morgan fingerprint density at radius 1 is 0.968 bits per heavy atom.